The van der Waals surface area contributed by atoms with Crippen LogP contribution in [0.25, 0.3) is 54.2 Å². The number of fused-ring (bicyclic) bond motifs is 6. The Balaban J connectivity index is 1.12. The smallest absolute Gasteiger partial charge is 0.0546 e. The third-order valence-corrected chi connectivity index (χ3v) is 10.5. The molecule has 0 aliphatic rings. The van der Waals surface area contributed by atoms with Crippen molar-refractivity contribution in [2.75, 3.05) is 9.80 Å². The fourth-order valence-corrected chi connectivity index (χ4v) is 7.91. The highest BCUT2D eigenvalue weighted by Gasteiger charge is 2.19. The summed E-state index contributed by atoms with van der Waals surface area (Å²) in [6.45, 7) is 6.28. The number of nitrogens with zero attached hydrogens (tertiary/aromatic N) is 2. The van der Waals surface area contributed by atoms with Gasteiger partial charge in [-0.2, -0.15) is 0 Å². The Hall–Kier alpha value is -7.16. The van der Waals surface area contributed by atoms with Gasteiger partial charge in [0.05, 0.1) is 11.4 Å². The molecular formula is C53H40N2. The van der Waals surface area contributed by atoms with Gasteiger partial charge in [-0.1, -0.05) is 158 Å². The van der Waals surface area contributed by atoms with Crippen LogP contribution < -0.4 is 9.80 Å². The fourth-order valence-electron chi connectivity index (χ4n) is 7.91. The Kier molecular flexibility index (Phi) is 8.99. The van der Waals surface area contributed by atoms with Crippen LogP contribution in [0.15, 0.2) is 225 Å². The van der Waals surface area contributed by atoms with Gasteiger partial charge in [-0.15, -0.1) is 0 Å². The summed E-state index contributed by atoms with van der Waals surface area (Å²) in [6.07, 6.45) is 8.19. The van der Waals surface area contributed by atoms with Crippen molar-refractivity contribution in [3.05, 3.63) is 225 Å². The van der Waals surface area contributed by atoms with Gasteiger partial charge < -0.3 is 9.80 Å². The first-order valence-electron chi connectivity index (χ1n) is 18.8. The van der Waals surface area contributed by atoms with Crippen LogP contribution in [0.4, 0.5) is 28.4 Å². The van der Waals surface area contributed by atoms with Gasteiger partial charge in [0.2, 0.25) is 0 Å². The van der Waals surface area contributed by atoms with Crippen LogP contribution in [0.3, 0.4) is 0 Å². The van der Waals surface area contributed by atoms with Crippen LogP contribution >= 0.6 is 0 Å². The lowest BCUT2D eigenvalue weighted by Crippen LogP contribution is -2.15. The zero-order valence-corrected chi connectivity index (χ0v) is 30.8. The van der Waals surface area contributed by atoms with E-state index in [1.165, 1.54) is 43.1 Å². The molecule has 0 bridgehead atoms. The lowest BCUT2D eigenvalue weighted by Gasteiger charge is -2.28. The molecule has 0 amide bonds. The highest BCUT2D eigenvalue weighted by molar-refractivity contribution is 6.15. The summed E-state index contributed by atoms with van der Waals surface area (Å²) in [4.78, 5) is 4.70. The minimum absolute atomic E-state index is 0.998. The quantitative estimate of drug-likeness (QED) is 0.109. The van der Waals surface area contributed by atoms with Crippen LogP contribution in [0, 0.1) is 0 Å². The van der Waals surface area contributed by atoms with Crippen LogP contribution in [0.1, 0.15) is 6.92 Å². The minimum Gasteiger partial charge on any atom is -0.310 e. The van der Waals surface area contributed by atoms with E-state index < -0.39 is 0 Å². The van der Waals surface area contributed by atoms with Gasteiger partial charge >= 0.3 is 0 Å². The van der Waals surface area contributed by atoms with Crippen molar-refractivity contribution in [1.29, 1.82) is 0 Å². The van der Waals surface area contributed by atoms with Crippen LogP contribution in [-0.4, -0.2) is 0 Å². The maximum atomic E-state index is 4.24. The van der Waals surface area contributed by atoms with Gasteiger partial charge in [-0.3, -0.25) is 0 Å². The molecule has 0 spiro atoms. The molecule has 0 radical (unpaired) electrons. The molecule has 9 aromatic rings. The average Bonchev–Trinajstić information content (AvgIpc) is 3.26. The van der Waals surface area contributed by atoms with Gasteiger partial charge in [-0.25, -0.2) is 0 Å². The lowest BCUT2D eigenvalue weighted by atomic mass is 9.98. The molecule has 55 heavy (non-hydrogen) atoms. The van der Waals surface area contributed by atoms with Crippen molar-refractivity contribution < 1.29 is 0 Å². The normalized spacial score (nSPS) is 11.8. The summed E-state index contributed by atoms with van der Waals surface area (Å²) in [5, 5.41) is 9.82. The molecule has 0 aromatic heterocycles. The van der Waals surface area contributed by atoms with Gasteiger partial charge in [0, 0.05) is 33.5 Å². The summed E-state index contributed by atoms with van der Waals surface area (Å²) in [7, 11) is 0. The molecule has 0 fully saturated rings. The molecule has 2 heteroatoms. The van der Waals surface area contributed by atoms with Crippen molar-refractivity contribution in [3.8, 4) is 11.1 Å². The summed E-state index contributed by atoms with van der Waals surface area (Å²) in [5.74, 6) is 0. The Morgan fingerprint density at radius 2 is 0.873 bits per heavy atom. The number of anilines is 5. The third kappa shape index (κ3) is 6.24. The molecule has 0 saturated carbocycles. The van der Waals surface area contributed by atoms with E-state index >= 15 is 0 Å². The predicted molar refractivity (Wildman–Crippen MR) is 238 cm³/mol. The van der Waals surface area contributed by atoms with Gasteiger partial charge in [0.15, 0.2) is 0 Å². The molecule has 0 aliphatic heterocycles. The molecule has 0 heterocycles. The molecule has 9 aromatic carbocycles. The zero-order chi connectivity index (χ0) is 37.1. The second kappa shape index (κ2) is 14.7. The summed E-state index contributed by atoms with van der Waals surface area (Å²) >= 11 is 0. The third-order valence-electron chi connectivity index (χ3n) is 10.5. The van der Waals surface area contributed by atoms with Crippen molar-refractivity contribution in [3.63, 3.8) is 0 Å². The molecule has 0 N–H and O–H groups in total. The zero-order valence-electron chi connectivity index (χ0n) is 30.8. The van der Waals surface area contributed by atoms with Gasteiger partial charge in [0.1, 0.15) is 0 Å². The maximum Gasteiger partial charge on any atom is 0.0546 e. The first-order valence-corrected chi connectivity index (χ1v) is 18.8. The molecule has 2 nitrogen and oxygen atoms in total. The van der Waals surface area contributed by atoms with E-state index in [0.29, 0.717) is 0 Å². The topological polar surface area (TPSA) is 6.48 Å². The van der Waals surface area contributed by atoms with E-state index in [4.69, 9.17) is 0 Å². The average molecular weight is 705 g/mol. The molecule has 0 saturated heterocycles. The molecular weight excluding hydrogens is 665 g/mol. The fraction of sp³-hybridized carbons (Fsp3) is 0.0189. The van der Waals surface area contributed by atoms with Crippen LogP contribution in [-0.2, 0) is 0 Å². The lowest BCUT2D eigenvalue weighted by molar-refractivity contribution is 1.22. The molecule has 262 valence electrons. The number of hydrogen-bond acceptors (Lipinski definition) is 2. The number of benzene rings is 9. The SMILES string of the molecule is C=C/C(=C\C=C/C)N(c1ccc(-c2ccc(N(c3ccccc3)c3cc4ccccc4c4ccccc34)cc2)cc1)c1cc2ccccc2c2ccccc12. The number of para-hydroxylation sites is 1. The highest BCUT2D eigenvalue weighted by atomic mass is 15.2. The molecule has 9 rings (SSSR count). The number of allylic oxidation sites excluding steroid dienone is 4. The predicted octanol–water partition coefficient (Wildman–Crippen LogP) is 15.2. The molecule has 0 unspecified atom stereocenters. The van der Waals surface area contributed by atoms with E-state index in [-0.39, 0.29) is 0 Å². The monoisotopic (exact) mass is 704 g/mol. The summed E-state index contributed by atoms with van der Waals surface area (Å²) in [5.41, 5.74) is 8.86. The molecule has 0 atom stereocenters. The second-order valence-corrected chi connectivity index (χ2v) is 13.7. The first-order chi connectivity index (χ1) is 27.2. The Morgan fingerprint density at radius 1 is 0.436 bits per heavy atom. The Labute approximate surface area is 322 Å². The standard InChI is InChI=1S/C53H40N2/c1-3-5-19-42(4-2)54(52-36-40-17-9-11-22-46(40)48-24-13-15-26-50(48)52)44-32-28-38(29-33-44)39-30-34-45(35-31-39)55(43-20-7-6-8-21-43)53-37-41-18-10-12-23-47(41)49-25-14-16-27-51(49)53/h3-37H,2H2,1H3/b5-3-,42-19+. The van der Waals surface area contributed by atoms with Crippen LogP contribution in [0.2, 0.25) is 0 Å². The largest absolute Gasteiger partial charge is 0.310 e. The van der Waals surface area contributed by atoms with Crippen LogP contribution in [0.5, 0.6) is 0 Å². The molecule has 0 aliphatic carbocycles. The number of hydrogen-bond donors (Lipinski definition) is 0. The van der Waals surface area contributed by atoms with Gasteiger partial charge in [0.25, 0.3) is 0 Å². The van der Waals surface area contributed by atoms with Crippen molar-refractivity contribution in [2.45, 2.75) is 6.92 Å². The van der Waals surface area contributed by atoms with E-state index in [1.807, 2.05) is 19.1 Å². The van der Waals surface area contributed by atoms with Crippen molar-refractivity contribution in [1.82, 2.24) is 0 Å². The Morgan fingerprint density at radius 3 is 1.42 bits per heavy atom. The van der Waals surface area contributed by atoms with Gasteiger partial charge in [-0.05, 0) is 111 Å². The first kappa shape index (κ1) is 33.7. The van der Waals surface area contributed by atoms with E-state index in [1.54, 1.807) is 0 Å². The van der Waals surface area contributed by atoms with E-state index in [9.17, 15) is 0 Å². The van der Waals surface area contributed by atoms with E-state index in [0.717, 1.165) is 45.3 Å². The second-order valence-electron chi connectivity index (χ2n) is 13.7. The van der Waals surface area contributed by atoms with Crippen molar-refractivity contribution in [2.24, 2.45) is 0 Å². The summed E-state index contributed by atoms with van der Waals surface area (Å²) < 4.78 is 0. The van der Waals surface area contributed by atoms with Crippen molar-refractivity contribution >= 4 is 71.5 Å². The maximum absolute atomic E-state index is 4.24. The highest BCUT2D eigenvalue weighted by Crippen LogP contribution is 2.43. The summed E-state index contributed by atoms with van der Waals surface area (Å²) in [6, 6.07) is 67.8. The Bertz CT molecular complexity index is 2880. The minimum atomic E-state index is 0.998. The number of rotatable bonds is 9. The van der Waals surface area contributed by atoms with E-state index in [2.05, 4.69) is 217 Å².